The number of aromatic nitrogens is 2. The second kappa shape index (κ2) is 3.64. The highest BCUT2D eigenvalue weighted by Gasteiger charge is 2.01. The fraction of sp³-hybridized carbons (Fsp3) is 0.500. The van der Waals surface area contributed by atoms with Crippen LogP contribution >= 0.6 is 0 Å². The molecule has 0 radical (unpaired) electrons. The van der Waals surface area contributed by atoms with E-state index in [4.69, 9.17) is 4.55 Å². The highest BCUT2D eigenvalue weighted by Crippen LogP contribution is 2.01. The largest absolute Gasteiger partial charge is 0.302 e. The van der Waals surface area contributed by atoms with Crippen LogP contribution in [-0.2, 0) is 17.6 Å². The van der Waals surface area contributed by atoms with E-state index in [1.165, 1.54) is 6.20 Å². The van der Waals surface area contributed by atoms with Crippen LogP contribution in [-0.4, -0.2) is 18.5 Å². The van der Waals surface area contributed by atoms with Gasteiger partial charge in [-0.05, 0) is 6.42 Å². The number of rotatable bonds is 3. The van der Waals surface area contributed by atoms with Crippen molar-refractivity contribution in [2.45, 2.75) is 24.8 Å². The Balaban J connectivity index is 2.73. The zero-order valence-electron chi connectivity index (χ0n) is 6.23. The van der Waals surface area contributed by atoms with Gasteiger partial charge in [-0.1, -0.05) is 6.92 Å². The summed E-state index contributed by atoms with van der Waals surface area (Å²) in [7, 11) is 0. The summed E-state index contributed by atoms with van der Waals surface area (Å²) < 4.78 is 20.8. The monoisotopic (exact) mass is 174 g/mol. The average Bonchev–Trinajstić information content (AvgIpc) is 2.37. The Morgan fingerprint density at radius 1 is 1.82 bits per heavy atom. The Morgan fingerprint density at radius 3 is 3.00 bits per heavy atom. The smallest absolute Gasteiger partial charge is 0.189 e. The van der Waals surface area contributed by atoms with Crippen molar-refractivity contribution in [1.29, 1.82) is 0 Å². The molecule has 1 heterocycles. The van der Waals surface area contributed by atoms with Gasteiger partial charge in [0, 0.05) is 12.7 Å². The standard InChI is InChI=1S/C6H10N2O2S/c1-2-3-8-5-6(4-7-8)11(9)10/h4-5H,2-3H2,1H3,(H,9,10). The summed E-state index contributed by atoms with van der Waals surface area (Å²) in [6.07, 6.45) is 3.96. The molecule has 0 saturated carbocycles. The molecule has 5 heteroatoms. The second-order valence-corrected chi connectivity index (χ2v) is 3.16. The van der Waals surface area contributed by atoms with Crippen molar-refractivity contribution in [3.05, 3.63) is 12.4 Å². The van der Waals surface area contributed by atoms with E-state index < -0.39 is 11.1 Å². The molecule has 0 amide bonds. The predicted octanol–water partition coefficient (Wildman–Crippen LogP) is 0.874. The Morgan fingerprint density at radius 2 is 2.55 bits per heavy atom. The lowest BCUT2D eigenvalue weighted by Gasteiger charge is -1.93. The van der Waals surface area contributed by atoms with Gasteiger partial charge in [0.2, 0.25) is 0 Å². The van der Waals surface area contributed by atoms with E-state index >= 15 is 0 Å². The van der Waals surface area contributed by atoms with Crippen molar-refractivity contribution in [3.63, 3.8) is 0 Å². The van der Waals surface area contributed by atoms with Crippen molar-refractivity contribution < 1.29 is 8.76 Å². The fourth-order valence-electron chi connectivity index (χ4n) is 0.786. The first-order chi connectivity index (χ1) is 5.24. The van der Waals surface area contributed by atoms with Gasteiger partial charge in [-0.25, -0.2) is 4.21 Å². The zero-order chi connectivity index (χ0) is 8.27. The molecule has 1 aromatic rings. The molecule has 0 spiro atoms. The summed E-state index contributed by atoms with van der Waals surface area (Å²) in [5.41, 5.74) is 0. The molecule has 0 aliphatic rings. The first-order valence-electron chi connectivity index (χ1n) is 3.37. The molecule has 1 rings (SSSR count). The maximum Gasteiger partial charge on any atom is 0.189 e. The lowest BCUT2D eigenvalue weighted by molar-refractivity contribution is 0.563. The van der Waals surface area contributed by atoms with Crippen LogP contribution in [0, 0.1) is 0 Å². The van der Waals surface area contributed by atoms with Gasteiger partial charge in [0.1, 0.15) is 4.90 Å². The van der Waals surface area contributed by atoms with E-state index in [-0.39, 0.29) is 0 Å². The van der Waals surface area contributed by atoms with Crippen LogP contribution in [0.2, 0.25) is 0 Å². The van der Waals surface area contributed by atoms with E-state index in [9.17, 15) is 4.21 Å². The van der Waals surface area contributed by atoms with Crippen molar-refractivity contribution in [2.75, 3.05) is 0 Å². The summed E-state index contributed by atoms with van der Waals surface area (Å²) in [5, 5.41) is 3.89. The van der Waals surface area contributed by atoms with E-state index in [0.717, 1.165) is 13.0 Å². The number of nitrogens with zero attached hydrogens (tertiary/aromatic N) is 2. The predicted molar refractivity (Wildman–Crippen MR) is 41.6 cm³/mol. The molecule has 1 atom stereocenters. The van der Waals surface area contributed by atoms with Gasteiger partial charge >= 0.3 is 0 Å². The van der Waals surface area contributed by atoms with Crippen LogP contribution < -0.4 is 0 Å². The molecule has 0 aromatic carbocycles. The molecular formula is C6H10N2O2S. The first kappa shape index (κ1) is 8.42. The molecule has 1 N–H and O–H groups in total. The van der Waals surface area contributed by atoms with E-state index in [2.05, 4.69) is 5.10 Å². The summed E-state index contributed by atoms with van der Waals surface area (Å²) >= 11 is -1.90. The molecule has 0 saturated heterocycles. The number of hydrogen-bond acceptors (Lipinski definition) is 2. The summed E-state index contributed by atoms with van der Waals surface area (Å²) in [5.74, 6) is 0. The Bertz CT molecular complexity index is 259. The Kier molecular flexibility index (Phi) is 2.78. The molecule has 1 aromatic heterocycles. The third kappa shape index (κ3) is 2.13. The highest BCUT2D eigenvalue weighted by atomic mass is 32.2. The molecule has 0 aliphatic heterocycles. The molecule has 1 unspecified atom stereocenters. The van der Waals surface area contributed by atoms with E-state index in [1.54, 1.807) is 10.9 Å². The molecule has 0 bridgehead atoms. The second-order valence-electron chi connectivity index (χ2n) is 2.19. The Labute approximate surface area is 67.5 Å². The average molecular weight is 174 g/mol. The SMILES string of the molecule is CCCn1cc(S(=O)O)cn1. The van der Waals surface area contributed by atoms with E-state index in [1.807, 2.05) is 6.92 Å². The minimum atomic E-state index is -1.90. The fourth-order valence-corrected chi connectivity index (χ4v) is 1.14. The molecule has 62 valence electrons. The molecule has 0 aliphatic carbocycles. The van der Waals surface area contributed by atoms with Crippen LogP contribution in [0.5, 0.6) is 0 Å². The van der Waals surface area contributed by atoms with Crippen molar-refractivity contribution in [3.8, 4) is 0 Å². The van der Waals surface area contributed by atoms with Crippen molar-refractivity contribution in [1.82, 2.24) is 9.78 Å². The van der Waals surface area contributed by atoms with Gasteiger partial charge in [-0.3, -0.25) is 4.68 Å². The third-order valence-corrected chi connectivity index (χ3v) is 1.88. The molecular weight excluding hydrogens is 164 g/mol. The third-order valence-electron chi connectivity index (χ3n) is 1.26. The summed E-state index contributed by atoms with van der Waals surface area (Å²) in [4.78, 5) is 0.360. The molecule has 0 fully saturated rings. The van der Waals surface area contributed by atoms with Crippen LogP contribution in [0.1, 0.15) is 13.3 Å². The highest BCUT2D eigenvalue weighted by molar-refractivity contribution is 7.79. The Hall–Kier alpha value is -0.680. The van der Waals surface area contributed by atoms with Crippen molar-refractivity contribution in [2.24, 2.45) is 0 Å². The molecule has 4 nitrogen and oxygen atoms in total. The maximum absolute atomic E-state index is 10.5. The van der Waals surface area contributed by atoms with Gasteiger partial charge in [0.15, 0.2) is 11.1 Å². The maximum atomic E-state index is 10.5. The van der Waals surface area contributed by atoms with Crippen LogP contribution in [0.15, 0.2) is 17.3 Å². The molecule has 11 heavy (non-hydrogen) atoms. The first-order valence-corrected chi connectivity index (χ1v) is 4.48. The van der Waals surface area contributed by atoms with Crippen LogP contribution in [0.4, 0.5) is 0 Å². The minimum Gasteiger partial charge on any atom is -0.302 e. The van der Waals surface area contributed by atoms with Crippen LogP contribution in [0.3, 0.4) is 0 Å². The normalized spacial score (nSPS) is 13.3. The van der Waals surface area contributed by atoms with Gasteiger partial charge in [-0.15, -0.1) is 0 Å². The lowest BCUT2D eigenvalue weighted by atomic mass is 10.5. The van der Waals surface area contributed by atoms with Gasteiger partial charge in [-0.2, -0.15) is 5.10 Å². The van der Waals surface area contributed by atoms with Crippen LogP contribution in [0.25, 0.3) is 0 Å². The number of hydrogen-bond donors (Lipinski definition) is 1. The minimum absolute atomic E-state index is 0.360. The summed E-state index contributed by atoms with van der Waals surface area (Å²) in [6, 6.07) is 0. The van der Waals surface area contributed by atoms with E-state index in [0.29, 0.717) is 4.90 Å². The van der Waals surface area contributed by atoms with Gasteiger partial charge in [0.25, 0.3) is 0 Å². The van der Waals surface area contributed by atoms with Crippen molar-refractivity contribution >= 4 is 11.1 Å². The number of aryl methyl sites for hydroxylation is 1. The topological polar surface area (TPSA) is 55.1 Å². The van der Waals surface area contributed by atoms with Gasteiger partial charge in [0.05, 0.1) is 6.20 Å². The van der Waals surface area contributed by atoms with Gasteiger partial charge < -0.3 is 4.55 Å². The lowest BCUT2D eigenvalue weighted by Crippen LogP contribution is -1.95. The zero-order valence-corrected chi connectivity index (χ0v) is 7.04. The quantitative estimate of drug-likeness (QED) is 0.692. The summed E-state index contributed by atoms with van der Waals surface area (Å²) in [6.45, 7) is 2.81.